The second-order valence-electron chi connectivity index (χ2n) is 5.18. The van der Waals surface area contributed by atoms with Gasteiger partial charge in [-0.1, -0.05) is 17.7 Å². The van der Waals surface area contributed by atoms with Gasteiger partial charge in [0.15, 0.2) is 0 Å². The maximum Gasteiger partial charge on any atom is 0.267 e. The minimum absolute atomic E-state index is 0.110. The molecule has 136 valence electrons. The van der Waals surface area contributed by atoms with Crippen molar-refractivity contribution in [1.29, 1.82) is 0 Å². The summed E-state index contributed by atoms with van der Waals surface area (Å²) < 4.78 is 67.2. The zero-order valence-electron chi connectivity index (χ0n) is 12.8. The average molecular weight is 403 g/mol. The molecule has 11 heteroatoms. The highest BCUT2D eigenvalue weighted by Gasteiger charge is 2.21. The molecule has 0 aliphatic carbocycles. The van der Waals surface area contributed by atoms with Crippen molar-refractivity contribution in [3.05, 3.63) is 70.8 Å². The van der Waals surface area contributed by atoms with Crippen molar-refractivity contribution in [2.45, 2.75) is 11.4 Å². The van der Waals surface area contributed by atoms with Crippen LogP contribution in [0.1, 0.15) is 5.56 Å². The summed E-state index contributed by atoms with van der Waals surface area (Å²) in [6, 6.07) is 5.88. The monoisotopic (exact) mass is 402 g/mol. The first-order chi connectivity index (χ1) is 12.2. The molecule has 26 heavy (non-hydrogen) atoms. The number of nitrogens with zero attached hydrogens (tertiary/aromatic N) is 3. The summed E-state index contributed by atoms with van der Waals surface area (Å²) in [5.41, 5.74) is 0.539. The van der Waals surface area contributed by atoms with Crippen molar-refractivity contribution in [3.8, 4) is 0 Å². The first-order valence-electron chi connectivity index (χ1n) is 7.06. The Morgan fingerprint density at radius 2 is 1.77 bits per heavy atom. The molecule has 0 amide bonds. The van der Waals surface area contributed by atoms with E-state index in [0.29, 0.717) is 11.6 Å². The number of rotatable bonds is 5. The quantitative estimate of drug-likeness (QED) is 0.711. The van der Waals surface area contributed by atoms with Gasteiger partial charge in [0.25, 0.3) is 16.0 Å². The Kier molecular flexibility index (Phi) is 4.88. The maximum absolute atomic E-state index is 13.7. The number of aromatic nitrogens is 3. The van der Waals surface area contributed by atoms with Crippen LogP contribution in [0, 0.1) is 17.5 Å². The highest BCUT2D eigenvalue weighted by Crippen LogP contribution is 2.20. The van der Waals surface area contributed by atoms with Gasteiger partial charge in [-0.3, -0.25) is 0 Å². The van der Waals surface area contributed by atoms with Crippen LogP contribution < -0.4 is 4.72 Å². The van der Waals surface area contributed by atoms with Crippen molar-refractivity contribution >= 4 is 27.6 Å². The zero-order chi connectivity index (χ0) is 18.9. The fraction of sp³-hybridized carbons (Fsp3) is 0.0667. The molecule has 0 saturated carbocycles. The molecule has 0 aliphatic rings. The molecule has 1 N–H and O–H groups in total. The van der Waals surface area contributed by atoms with Crippen LogP contribution in [0.25, 0.3) is 0 Å². The molecule has 6 nitrogen and oxygen atoms in total. The fourth-order valence-corrected chi connectivity index (χ4v) is 3.34. The van der Waals surface area contributed by atoms with Gasteiger partial charge in [-0.05, 0) is 29.8 Å². The maximum atomic E-state index is 13.7. The predicted octanol–water partition coefficient (Wildman–Crippen LogP) is 3.20. The second kappa shape index (κ2) is 6.96. The number of hydrogen-bond donors (Lipinski definition) is 1. The molecule has 3 rings (SSSR count). The Bertz CT molecular complexity index is 1070. The van der Waals surface area contributed by atoms with Crippen LogP contribution >= 0.6 is 11.6 Å². The molecule has 3 aromatic rings. The molecule has 1 aromatic heterocycles. The molecule has 0 radical (unpaired) electrons. The largest absolute Gasteiger partial charge is 0.267 e. The van der Waals surface area contributed by atoms with Gasteiger partial charge < -0.3 is 0 Å². The van der Waals surface area contributed by atoms with E-state index < -0.39 is 32.4 Å². The number of anilines is 1. The standard InChI is InChI=1S/C15H10ClF3N4O2S/c16-12-5-10(17)2-1-9(12)7-23-8-20-15(21-23)22-26(24,25)14-4-3-11(18)6-13(14)19/h1-6,8H,7H2,(H,21,22). The lowest BCUT2D eigenvalue weighted by atomic mass is 10.2. The summed E-state index contributed by atoms with van der Waals surface area (Å²) in [6.45, 7) is 0.110. The van der Waals surface area contributed by atoms with Crippen LogP contribution in [-0.4, -0.2) is 23.2 Å². The lowest BCUT2D eigenvalue weighted by molar-refractivity contribution is 0.551. The van der Waals surface area contributed by atoms with Crippen molar-refractivity contribution in [3.63, 3.8) is 0 Å². The summed E-state index contributed by atoms with van der Waals surface area (Å²) >= 11 is 5.92. The first-order valence-corrected chi connectivity index (χ1v) is 8.92. The van der Waals surface area contributed by atoms with Gasteiger partial charge in [0.1, 0.15) is 28.7 Å². The Hall–Kier alpha value is -2.59. The molecule has 0 spiro atoms. The smallest absolute Gasteiger partial charge is 0.246 e. The van der Waals surface area contributed by atoms with Crippen LogP contribution in [0.5, 0.6) is 0 Å². The van der Waals surface area contributed by atoms with Crippen LogP contribution in [-0.2, 0) is 16.6 Å². The van der Waals surface area contributed by atoms with E-state index in [0.717, 1.165) is 18.2 Å². The molecule has 0 saturated heterocycles. The Morgan fingerprint density at radius 1 is 1.08 bits per heavy atom. The number of halogens is 4. The second-order valence-corrected chi connectivity index (χ2v) is 7.24. The van der Waals surface area contributed by atoms with Crippen molar-refractivity contribution in [2.24, 2.45) is 0 Å². The SMILES string of the molecule is O=S(=O)(Nc1ncn(Cc2ccc(F)cc2Cl)n1)c1ccc(F)cc1F. The normalized spacial score (nSPS) is 11.5. The Balaban J connectivity index is 1.79. The third-order valence-corrected chi connectivity index (χ3v) is 5.01. The third-order valence-electron chi connectivity index (χ3n) is 3.29. The number of sulfonamides is 1. The molecule has 1 heterocycles. The molecule has 2 aromatic carbocycles. The van der Waals surface area contributed by atoms with E-state index in [9.17, 15) is 21.6 Å². The summed E-state index contributed by atoms with van der Waals surface area (Å²) in [7, 11) is -4.34. The Labute approximate surface area is 151 Å². The molecule has 0 unspecified atom stereocenters. The summed E-state index contributed by atoms with van der Waals surface area (Å²) in [5.74, 6) is -2.95. The number of nitrogens with one attached hydrogen (secondary N) is 1. The predicted molar refractivity (Wildman–Crippen MR) is 87.7 cm³/mol. The summed E-state index contributed by atoms with van der Waals surface area (Å²) in [5, 5.41) is 4.07. The van der Waals surface area contributed by atoms with Gasteiger partial charge in [-0.25, -0.2) is 31.0 Å². The lowest BCUT2D eigenvalue weighted by Gasteiger charge is -2.06. The first kappa shape index (κ1) is 18.2. The van der Waals surface area contributed by atoms with E-state index in [4.69, 9.17) is 11.6 Å². The van der Waals surface area contributed by atoms with E-state index in [1.165, 1.54) is 23.1 Å². The minimum atomic E-state index is -4.34. The van der Waals surface area contributed by atoms with Gasteiger partial charge in [-0.2, -0.15) is 4.98 Å². The minimum Gasteiger partial charge on any atom is -0.246 e. The van der Waals surface area contributed by atoms with Crippen molar-refractivity contribution in [2.75, 3.05) is 4.72 Å². The topological polar surface area (TPSA) is 76.9 Å². The Morgan fingerprint density at radius 3 is 2.46 bits per heavy atom. The van der Waals surface area contributed by atoms with Crippen LogP contribution in [0.2, 0.25) is 5.02 Å². The van der Waals surface area contributed by atoms with Gasteiger partial charge in [-0.15, -0.1) is 5.10 Å². The van der Waals surface area contributed by atoms with Crippen molar-refractivity contribution in [1.82, 2.24) is 14.8 Å². The molecule has 0 bridgehead atoms. The summed E-state index contributed by atoms with van der Waals surface area (Å²) in [6.07, 6.45) is 1.22. The van der Waals surface area contributed by atoms with Gasteiger partial charge in [0.2, 0.25) is 0 Å². The van der Waals surface area contributed by atoms with E-state index in [1.807, 2.05) is 4.72 Å². The van der Waals surface area contributed by atoms with E-state index >= 15 is 0 Å². The van der Waals surface area contributed by atoms with E-state index in [1.54, 1.807) is 0 Å². The number of benzene rings is 2. The highest BCUT2D eigenvalue weighted by atomic mass is 35.5. The zero-order valence-corrected chi connectivity index (χ0v) is 14.4. The molecule has 0 aliphatic heterocycles. The van der Waals surface area contributed by atoms with E-state index in [2.05, 4.69) is 10.1 Å². The van der Waals surface area contributed by atoms with Crippen LogP contribution in [0.4, 0.5) is 19.1 Å². The van der Waals surface area contributed by atoms with Crippen LogP contribution in [0.15, 0.2) is 47.6 Å². The molecule has 0 atom stereocenters. The van der Waals surface area contributed by atoms with Crippen LogP contribution in [0.3, 0.4) is 0 Å². The third kappa shape index (κ3) is 3.97. The molecular weight excluding hydrogens is 393 g/mol. The van der Waals surface area contributed by atoms with E-state index in [-0.39, 0.29) is 17.5 Å². The molecular formula is C15H10ClF3N4O2S. The van der Waals surface area contributed by atoms with Gasteiger partial charge in [0.05, 0.1) is 6.54 Å². The van der Waals surface area contributed by atoms with Gasteiger partial charge >= 0.3 is 0 Å². The van der Waals surface area contributed by atoms with Gasteiger partial charge in [0, 0.05) is 11.1 Å². The van der Waals surface area contributed by atoms with Crippen molar-refractivity contribution < 1.29 is 21.6 Å². The molecule has 0 fully saturated rings. The summed E-state index contributed by atoms with van der Waals surface area (Å²) in [4.78, 5) is 3.03. The fourth-order valence-electron chi connectivity index (χ4n) is 2.11. The number of hydrogen-bond acceptors (Lipinski definition) is 4. The average Bonchev–Trinajstić information content (AvgIpc) is 2.96. The lowest BCUT2D eigenvalue weighted by Crippen LogP contribution is -2.16. The highest BCUT2D eigenvalue weighted by molar-refractivity contribution is 7.92.